The lowest BCUT2D eigenvalue weighted by atomic mass is 10.1. The van der Waals surface area contributed by atoms with Crippen LogP contribution in [0.2, 0.25) is 0 Å². The van der Waals surface area contributed by atoms with E-state index in [9.17, 15) is 5.11 Å². The molecule has 134 valence electrons. The minimum Gasteiger partial charge on any atom is -0.390 e. The van der Waals surface area contributed by atoms with Gasteiger partial charge in [0, 0.05) is 58.4 Å². The lowest BCUT2D eigenvalue weighted by Gasteiger charge is -2.41. The summed E-state index contributed by atoms with van der Waals surface area (Å²) in [6.07, 6.45) is -0.272. The standard InChI is InChI=1S/C19H31N3O2/c1-17-13-21(14-18-5-3-2-4-6-18)7-8-22(17)16-19(23)15-20-9-11-24-12-10-20/h2-6,17,19,23H,7-16H2,1H3. The van der Waals surface area contributed by atoms with Crippen molar-refractivity contribution in [3.8, 4) is 0 Å². The van der Waals surface area contributed by atoms with Gasteiger partial charge in [0.1, 0.15) is 0 Å². The van der Waals surface area contributed by atoms with Crippen molar-refractivity contribution >= 4 is 0 Å². The third-order valence-electron chi connectivity index (χ3n) is 5.12. The molecule has 1 aromatic rings. The first kappa shape index (κ1) is 17.8. The average Bonchev–Trinajstić information content (AvgIpc) is 2.59. The van der Waals surface area contributed by atoms with Crippen molar-refractivity contribution in [1.82, 2.24) is 14.7 Å². The Morgan fingerprint density at radius 3 is 2.50 bits per heavy atom. The highest BCUT2D eigenvalue weighted by molar-refractivity contribution is 5.14. The molecule has 24 heavy (non-hydrogen) atoms. The maximum absolute atomic E-state index is 10.4. The molecule has 0 aromatic heterocycles. The number of piperazine rings is 1. The lowest BCUT2D eigenvalue weighted by molar-refractivity contribution is -0.00634. The van der Waals surface area contributed by atoms with Crippen LogP contribution in [0.25, 0.3) is 0 Å². The van der Waals surface area contributed by atoms with Gasteiger partial charge >= 0.3 is 0 Å². The van der Waals surface area contributed by atoms with Gasteiger partial charge < -0.3 is 9.84 Å². The first-order valence-corrected chi connectivity index (χ1v) is 9.19. The first-order chi connectivity index (χ1) is 11.7. The van der Waals surface area contributed by atoms with Gasteiger partial charge in [-0.3, -0.25) is 14.7 Å². The molecule has 0 saturated carbocycles. The van der Waals surface area contributed by atoms with Crippen LogP contribution in [0.4, 0.5) is 0 Å². The molecule has 1 N–H and O–H groups in total. The van der Waals surface area contributed by atoms with Gasteiger partial charge in [0.2, 0.25) is 0 Å². The molecule has 2 aliphatic heterocycles. The highest BCUT2D eigenvalue weighted by atomic mass is 16.5. The fraction of sp³-hybridized carbons (Fsp3) is 0.684. The number of aliphatic hydroxyl groups is 1. The summed E-state index contributed by atoms with van der Waals surface area (Å²) in [6.45, 7) is 11.5. The van der Waals surface area contributed by atoms with E-state index in [2.05, 4.69) is 52.0 Å². The summed E-state index contributed by atoms with van der Waals surface area (Å²) in [5, 5.41) is 10.4. The molecule has 0 radical (unpaired) electrons. The monoisotopic (exact) mass is 333 g/mol. The Labute approximate surface area is 145 Å². The summed E-state index contributed by atoms with van der Waals surface area (Å²) >= 11 is 0. The summed E-state index contributed by atoms with van der Waals surface area (Å²) in [5.41, 5.74) is 1.38. The van der Waals surface area contributed by atoms with Crippen LogP contribution in [-0.2, 0) is 11.3 Å². The molecule has 2 atom stereocenters. The van der Waals surface area contributed by atoms with Gasteiger partial charge in [-0.1, -0.05) is 30.3 Å². The first-order valence-electron chi connectivity index (χ1n) is 9.19. The van der Waals surface area contributed by atoms with E-state index in [1.54, 1.807) is 0 Å². The molecule has 2 heterocycles. The van der Waals surface area contributed by atoms with Gasteiger partial charge in [-0.2, -0.15) is 0 Å². The topological polar surface area (TPSA) is 39.2 Å². The highest BCUT2D eigenvalue weighted by Crippen LogP contribution is 2.14. The van der Waals surface area contributed by atoms with E-state index in [0.717, 1.165) is 65.6 Å². The second kappa shape index (κ2) is 8.92. The Morgan fingerprint density at radius 1 is 1.04 bits per heavy atom. The normalized spacial score (nSPS) is 25.7. The van der Waals surface area contributed by atoms with Crippen LogP contribution in [0.5, 0.6) is 0 Å². The van der Waals surface area contributed by atoms with Gasteiger partial charge in [-0.25, -0.2) is 0 Å². The zero-order valence-corrected chi connectivity index (χ0v) is 14.8. The number of aliphatic hydroxyl groups excluding tert-OH is 1. The molecule has 0 amide bonds. The van der Waals surface area contributed by atoms with Crippen molar-refractivity contribution in [1.29, 1.82) is 0 Å². The van der Waals surface area contributed by atoms with Crippen LogP contribution in [0.15, 0.2) is 30.3 Å². The molecule has 5 heteroatoms. The second-order valence-electron chi connectivity index (χ2n) is 7.13. The minimum absolute atomic E-state index is 0.272. The number of β-amino-alcohol motifs (C(OH)–C–C–N with tert-alkyl or cyclic N) is 1. The van der Waals surface area contributed by atoms with Crippen molar-refractivity contribution < 1.29 is 9.84 Å². The number of ether oxygens (including phenoxy) is 1. The Balaban J connectivity index is 1.41. The summed E-state index contributed by atoms with van der Waals surface area (Å²) in [6, 6.07) is 11.2. The van der Waals surface area contributed by atoms with Crippen molar-refractivity contribution in [2.75, 3.05) is 59.0 Å². The SMILES string of the molecule is CC1CN(Cc2ccccc2)CCN1CC(O)CN1CCOCC1. The third kappa shape index (κ3) is 5.26. The van der Waals surface area contributed by atoms with Gasteiger partial charge in [0.05, 0.1) is 19.3 Å². The van der Waals surface area contributed by atoms with E-state index in [1.165, 1.54) is 5.56 Å². The molecule has 5 nitrogen and oxygen atoms in total. The number of nitrogens with zero attached hydrogens (tertiary/aromatic N) is 3. The molecule has 2 unspecified atom stereocenters. The molecule has 1 aromatic carbocycles. The van der Waals surface area contributed by atoms with Crippen LogP contribution in [0, 0.1) is 0 Å². The van der Waals surface area contributed by atoms with Gasteiger partial charge in [0.15, 0.2) is 0 Å². The summed E-state index contributed by atoms with van der Waals surface area (Å²) in [4.78, 5) is 7.27. The number of benzene rings is 1. The minimum atomic E-state index is -0.272. The predicted octanol–water partition coefficient (Wildman–Crippen LogP) is 0.886. The summed E-state index contributed by atoms with van der Waals surface area (Å²) < 4.78 is 5.37. The van der Waals surface area contributed by atoms with E-state index in [0.29, 0.717) is 6.04 Å². The van der Waals surface area contributed by atoms with Crippen molar-refractivity contribution in [2.45, 2.75) is 25.6 Å². The fourth-order valence-corrected chi connectivity index (χ4v) is 3.74. The fourth-order valence-electron chi connectivity index (χ4n) is 3.74. The van der Waals surface area contributed by atoms with E-state index < -0.39 is 0 Å². The largest absolute Gasteiger partial charge is 0.390 e. The average molecular weight is 333 g/mol. The molecule has 0 bridgehead atoms. The van der Waals surface area contributed by atoms with Crippen molar-refractivity contribution in [3.05, 3.63) is 35.9 Å². The Morgan fingerprint density at radius 2 is 1.79 bits per heavy atom. The van der Waals surface area contributed by atoms with Gasteiger partial charge in [0.25, 0.3) is 0 Å². The molecule has 0 aliphatic carbocycles. The Bertz CT molecular complexity index is 479. The van der Waals surface area contributed by atoms with E-state index in [-0.39, 0.29) is 6.10 Å². The predicted molar refractivity (Wildman–Crippen MR) is 96.0 cm³/mol. The second-order valence-corrected chi connectivity index (χ2v) is 7.13. The van der Waals surface area contributed by atoms with Crippen LogP contribution in [-0.4, -0.2) is 91.0 Å². The number of hydrogen-bond donors (Lipinski definition) is 1. The molecule has 2 saturated heterocycles. The molecule has 3 rings (SSSR count). The van der Waals surface area contributed by atoms with Crippen LogP contribution in [0.3, 0.4) is 0 Å². The smallest absolute Gasteiger partial charge is 0.0793 e. The number of morpholine rings is 1. The molecule has 0 spiro atoms. The Hall–Kier alpha value is -0.980. The maximum atomic E-state index is 10.4. The summed E-state index contributed by atoms with van der Waals surface area (Å²) in [5.74, 6) is 0. The van der Waals surface area contributed by atoms with Crippen LogP contribution in [0.1, 0.15) is 12.5 Å². The summed E-state index contributed by atoms with van der Waals surface area (Å²) in [7, 11) is 0. The quantitative estimate of drug-likeness (QED) is 0.837. The maximum Gasteiger partial charge on any atom is 0.0793 e. The number of rotatable bonds is 6. The van der Waals surface area contributed by atoms with Crippen molar-refractivity contribution in [3.63, 3.8) is 0 Å². The third-order valence-corrected chi connectivity index (χ3v) is 5.12. The number of hydrogen-bond acceptors (Lipinski definition) is 5. The zero-order chi connectivity index (χ0) is 16.8. The zero-order valence-electron chi connectivity index (χ0n) is 14.8. The highest BCUT2D eigenvalue weighted by Gasteiger charge is 2.26. The molecular formula is C19H31N3O2. The van der Waals surface area contributed by atoms with E-state index >= 15 is 0 Å². The Kier molecular flexibility index (Phi) is 6.63. The lowest BCUT2D eigenvalue weighted by Crippen LogP contribution is -2.54. The van der Waals surface area contributed by atoms with Gasteiger partial charge in [-0.05, 0) is 12.5 Å². The van der Waals surface area contributed by atoms with Gasteiger partial charge in [-0.15, -0.1) is 0 Å². The van der Waals surface area contributed by atoms with E-state index in [1.807, 2.05) is 0 Å². The molecular weight excluding hydrogens is 302 g/mol. The van der Waals surface area contributed by atoms with E-state index in [4.69, 9.17) is 4.74 Å². The van der Waals surface area contributed by atoms with Crippen molar-refractivity contribution in [2.24, 2.45) is 0 Å². The van der Waals surface area contributed by atoms with Crippen LogP contribution >= 0.6 is 0 Å². The van der Waals surface area contributed by atoms with Crippen LogP contribution < -0.4 is 0 Å². The molecule has 2 fully saturated rings. The molecule has 2 aliphatic rings.